The fourth-order valence-electron chi connectivity index (χ4n) is 3.09. The van der Waals surface area contributed by atoms with Crippen molar-refractivity contribution < 1.29 is 9.53 Å². The predicted molar refractivity (Wildman–Crippen MR) is 107 cm³/mol. The molecule has 4 heteroatoms. The van der Waals surface area contributed by atoms with Crippen molar-refractivity contribution in [3.8, 4) is 0 Å². The smallest absolute Gasteiger partial charge is 0.318 e. The normalized spacial score (nSPS) is 15.8. The summed E-state index contributed by atoms with van der Waals surface area (Å²) >= 11 is 0. The van der Waals surface area contributed by atoms with Gasteiger partial charge in [-0.05, 0) is 31.0 Å². The van der Waals surface area contributed by atoms with E-state index in [1.165, 1.54) is 0 Å². The number of esters is 1. The molecule has 0 saturated carbocycles. The second-order valence-electron chi connectivity index (χ2n) is 6.19. The molecular formula is C20H24INO2. The first-order valence-electron chi connectivity index (χ1n) is 8.23. The number of benzene rings is 2. The van der Waals surface area contributed by atoms with Crippen LogP contribution in [-0.4, -0.2) is 37.1 Å². The van der Waals surface area contributed by atoms with Crippen molar-refractivity contribution in [3.63, 3.8) is 0 Å². The van der Waals surface area contributed by atoms with E-state index in [0.717, 1.165) is 37.1 Å². The Labute approximate surface area is 161 Å². The fourth-order valence-corrected chi connectivity index (χ4v) is 3.09. The zero-order valence-corrected chi connectivity index (χ0v) is 16.3. The van der Waals surface area contributed by atoms with E-state index in [1.807, 2.05) is 60.7 Å². The second kappa shape index (κ2) is 9.18. The molecule has 0 aromatic heterocycles. The number of ether oxygens (including phenoxy) is 1. The van der Waals surface area contributed by atoms with E-state index < -0.39 is 0 Å². The lowest BCUT2D eigenvalue weighted by atomic mass is 9.91. The molecular weight excluding hydrogens is 413 g/mol. The van der Waals surface area contributed by atoms with Gasteiger partial charge in [-0.15, -0.1) is 24.0 Å². The van der Waals surface area contributed by atoms with Gasteiger partial charge in [0.15, 0.2) is 0 Å². The molecule has 0 atom stereocenters. The van der Waals surface area contributed by atoms with Gasteiger partial charge in [-0.3, -0.25) is 4.79 Å². The number of rotatable bonds is 4. The zero-order chi connectivity index (χ0) is 16.1. The van der Waals surface area contributed by atoms with Crippen LogP contribution in [0.2, 0.25) is 0 Å². The summed E-state index contributed by atoms with van der Waals surface area (Å²) < 4.78 is 5.85. The molecule has 0 unspecified atom stereocenters. The molecule has 2 aromatic rings. The monoisotopic (exact) mass is 437 g/mol. The van der Waals surface area contributed by atoms with Crippen LogP contribution in [0, 0.1) is 0 Å². The van der Waals surface area contributed by atoms with Gasteiger partial charge in [0.25, 0.3) is 0 Å². The van der Waals surface area contributed by atoms with Crippen molar-refractivity contribution in [1.29, 1.82) is 0 Å². The third kappa shape index (κ3) is 4.80. The predicted octanol–water partition coefficient (Wildman–Crippen LogP) is 4.07. The van der Waals surface area contributed by atoms with Gasteiger partial charge in [0, 0.05) is 13.1 Å². The van der Waals surface area contributed by atoms with Crippen molar-refractivity contribution in [2.75, 3.05) is 20.1 Å². The molecule has 1 saturated heterocycles. The summed E-state index contributed by atoms with van der Waals surface area (Å²) in [6, 6.07) is 19.8. The molecule has 0 N–H and O–H groups in total. The van der Waals surface area contributed by atoms with Crippen LogP contribution in [0.25, 0.3) is 0 Å². The minimum Gasteiger partial charge on any atom is -0.462 e. The molecule has 3 rings (SSSR count). The van der Waals surface area contributed by atoms with E-state index in [0.29, 0.717) is 0 Å². The third-order valence-electron chi connectivity index (χ3n) is 4.45. The average molecular weight is 437 g/mol. The van der Waals surface area contributed by atoms with Gasteiger partial charge >= 0.3 is 5.97 Å². The van der Waals surface area contributed by atoms with Crippen LogP contribution < -0.4 is 0 Å². The Hall–Kier alpha value is -1.40. The highest BCUT2D eigenvalue weighted by molar-refractivity contribution is 14.0. The summed E-state index contributed by atoms with van der Waals surface area (Å²) in [5.74, 6) is -0.492. The average Bonchev–Trinajstić information content (AvgIpc) is 2.59. The number of piperidine rings is 1. The Morgan fingerprint density at radius 3 is 1.88 bits per heavy atom. The van der Waals surface area contributed by atoms with Crippen molar-refractivity contribution in [2.24, 2.45) is 0 Å². The van der Waals surface area contributed by atoms with Crippen LogP contribution in [0.15, 0.2) is 60.7 Å². The number of halogens is 1. The van der Waals surface area contributed by atoms with Crippen LogP contribution in [0.3, 0.4) is 0 Å². The molecule has 128 valence electrons. The molecule has 1 heterocycles. The molecule has 1 fully saturated rings. The maximum atomic E-state index is 12.9. The van der Waals surface area contributed by atoms with E-state index in [2.05, 4.69) is 11.9 Å². The Bertz CT molecular complexity index is 585. The van der Waals surface area contributed by atoms with Gasteiger partial charge in [0.2, 0.25) is 0 Å². The quantitative estimate of drug-likeness (QED) is 0.534. The SMILES string of the molecule is CN1CCC(OC(=O)C(c2ccccc2)c2ccccc2)CC1.I. The molecule has 0 amide bonds. The highest BCUT2D eigenvalue weighted by Crippen LogP contribution is 2.27. The lowest BCUT2D eigenvalue weighted by Gasteiger charge is -2.30. The number of nitrogens with zero attached hydrogens (tertiary/aromatic N) is 1. The number of carbonyl (C=O) groups excluding carboxylic acids is 1. The maximum Gasteiger partial charge on any atom is 0.318 e. The third-order valence-corrected chi connectivity index (χ3v) is 4.45. The van der Waals surface area contributed by atoms with Crippen molar-refractivity contribution in [1.82, 2.24) is 4.90 Å². The minimum absolute atomic E-state index is 0. The van der Waals surface area contributed by atoms with Crippen molar-refractivity contribution >= 4 is 29.9 Å². The summed E-state index contributed by atoms with van der Waals surface area (Å²) in [6.45, 7) is 1.97. The van der Waals surface area contributed by atoms with E-state index in [-0.39, 0.29) is 42.0 Å². The second-order valence-corrected chi connectivity index (χ2v) is 6.19. The Morgan fingerprint density at radius 2 is 1.42 bits per heavy atom. The lowest BCUT2D eigenvalue weighted by molar-refractivity contribution is -0.151. The van der Waals surface area contributed by atoms with Crippen LogP contribution in [0.1, 0.15) is 29.9 Å². The van der Waals surface area contributed by atoms with Crippen LogP contribution >= 0.6 is 24.0 Å². The number of hydrogen-bond acceptors (Lipinski definition) is 3. The minimum atomic E-state index is -0.350. The van der Waals surface area contributed by atoms with E-state index in [1.54, 1.807) is 0 Å². The van der Waals surface area contributed by atoms with Gasteiger partial charge < -0.3 is 9.64 Å². The fraction of sp³-hybridized carbons (Fsp3) is 0.350. The van der Waals surface area contributed by atoms with Crippen molar-refractivity contribution in [3.05, 3.63) is 71.8 Å². The van der Waals surface area contributed by atoms with Crippen LogP contribution in [0.5, 0.6) is 0 Å². The Morgan fingerprint density at radius 1 is 0.958 bits per heavy atom. The van der Waals surface area contributed by atoms with Crippen molar-refractivity contribution in [2.45, 2.75) is 24.9 Å². The summed E-state index contributed by atoms with van der Waals surface area (Å²) in [6.07, 6.45) is 1.87. The molecule has 2 aromatic carbocycles. The molecule has 0 spiro atoms. The van der Waals surface area contributed by atoms with E-state index >= 15 is 0 Å². The summed E-state index contributed by atoms with van der Waals surface area (Å²) in [5.41, 5.74) is 1.97. The largest absolute Gasteiger partial charge is 0.462 e. The summed E-state index contributed by atoms with van der Waals surface area (Å²) in [7, 11) is 2.11. The molecule has 0 aliphatic carbocycles. The first-order valence-corrected chi connectivity index (χ1v) is 8.23. The zero-order valence-electron chi connectivity index (χ0n) is 13.9. The van der Waals surface area contributed by atoms with Gasteiger partial charge in [0.05, 0.1) is 0 Å². The van der Waals surface area contributed by atoms with Gasteiger partial charge in [-0.1, -0.05) is 60.7 Å². The highest BCUT2D eigenvalue weighted by Gasteiger charge is 2.28. The highest BCUT2D eigenvalue weighted by atomic mass is 127. The van der Waals surface area contributed by atoms with E-state index in [4.69, 9.17) is 4.74 Å². The standard InChI is InChI=1S/C20H23NO2.HI/c1-21-14-12-18(13-15-21)23-20(22)19(16-8-4-2-5-9-16)17-10-6-3-7-11-17;/h2-11,18-19H,12-15H2,1H3;1H. The number of likely N-dealkylation sites (tertiary alicyclic amines) is 1. The first kappa shape index (κ1) is 18.9. The Kier molecular flexibility index (Phi) is 7.24. The molecule has 0 radical (unpaired) electrons. The molecule has 24 heavy (non-hydrogen) atoms. The molecule has 3 nitrogen and oxygen atoms in total. The van der Waals surface area contributed by atoms with Gasteiger partial charge in [-0.2, -0.15) is 0 Å². The molecule has 0 bridgehead atoms. The topological polar surface area (TPSA) is 29.5 Å². The van der Waals surface area contributed by atoms with Gasteiger partial charge in [0.1, 0.15) is 12.0 Å². The van der Waals surface area contributed by atoms with Gasteiger partial charge in [-0.25, -0.2) is 0 Å². The number of carbonyl (C=O) groups is 1. The van der Waals surface area contributed by atoms with E-state index in [9.17, 15) is 4.79 Å². The number of hydrogen-bond donors (Lipinski definition) is 0. The maximum absolute atomic E-state index is 12.9. The first-order chi connectivity index (χ1) is 11.2. The Balaban J connectivity index is 0.00000208. The summed E-state index contributed by atoms with van der Waals surface area (Å²) in [4.78, 5) is 15.1. The molecule has 1 aliphatic rings. The summed E-state index contributed by atoms with van der Waals surface area (Å²) in [5, 5.41) is 0. The van der Waals surface area contributed by atoms with Crippen LogP contribution in [0.4, 0.5) is 0 Å². The van der Waals surface area contributed by atoms with Crippen LogP contribution in [-0.2, 0) is 9.53 Å². The lowest BCUT2D eigenvalue weighted by Crippen LogP contribution is -2.36. The molecule has 1 aliphatic heterocycles.